The first-order chi connectivity index (χ1) is 9.61. The van der Waals surface area contributed by atoms with E-state index in [1.807, 2.05) is 36.9 Å². The van der Waals surface area contributed by atoms with E-state index in [1.165, 1.54) is 0 Å². The number of carbonyl (C=O) groups excluding carboxylic acids is 2. The quantitative estimate of drug-likeness (QED) is 0.859. The van der Waals surface area contributed by atoms with E-state index in [9.17, 15) is 9.59 Å². The maximum absolute atomic E-state index is 11.8. The summed E-state index contributed by atoms with van der Waals surface area (Å²) in [5, 5.41) is 5.82. The van der Waals surface area contributed by atoms with Crippen molar-refractivity contribution < 1.29 is 9.59 Å². The van der Waals surface area contributed by atoms with Crippen molar-refractivity contribution in [2.75, 3.05) is 29.9 Å². The van der Waals surface area contributed by atoms with Crippen molar-refractivity contribution in [2.45, 2.75) is 26.7 Å². The average Bonchev–Trinajstić information content (AvgIpc) is 2.83. The number of likely N-dealkylation sites (N-methyl/N-ethyl adjacent to an activating group) is 1. The molecule has 1 saturated heterocycles. The summed E-state index contributed by atoms with van der Waals surface area (Å²) >= 11 is 0. The Morgan fingerprint density at radius 3 is 2.80 bits per heavy atom. The van der Waals surface area contributed by atoms with Crippen LogP contribution in [0.2, 0.25) is 0 Å². The summed E-state index contributed by atoms with van der Waals surface area (Å²) in [4.78, 5) is 25.2. The molecule has 0 spiro atoms. The summed E-state index contributed by atoms with van der Waals surface area (Å²) in [6.45, 7) is 5.77. The molecule has 0 atom stereocenters. The Labute approximate surface area is 119 Å². The number of hydrogen-bond donors (Lipinski definition) is 2. The molecule has 0 aliphatic carbocycles. The van der Waals surface area contributed by atoms with Crippen LogP contribution in [-0.4, -0.2) is 31.4 Å². The minimum absolute atomic E-state index is 0.0590. The van der Waals surface area contributed by atoms with Crippen molar-refractivity contribution in [3.63, 3.8) is 0 Å². The first kappa shape index (κ1) is 14.5. The van der Waals surface area contributed by atoms with Crippen molar-refractivity contribution in [1.82, 2.24) is 5.32 Å². The number of rotatable bonds is 5. The van der Waals surface area contributed by atoms with Gasteiger partial charge in [0, 0.05) is 24.3 Å². The zero-order valence-electron chi connectivity index (χ0n) is 12.0. The van der Waals surface area contributed by atoms with Crippen LogP contribution in [0.1, 0.15) is 25.3 Å². The van der Waals surface area contributed by atoms with E-state index < -0.39 is 0 Å². The largest absolute Gasteiger partial charge is 0.325 e. The number of nitrogens with one attached hydrogen (secondary N) is 2. The Balaban J connectivity index is 2.06. The monoisotopic (exact) mass is 275 g/mol. The highest BCUT2D eigenvalue weighted by atomic mass is 16.2. The lowest BCUT2D eigenvalue weighted by Crippen LogP contribution is -2.28. The van der Waals surface area contributed by atoms with Gasteiger partial charge in [-0.15, -0.1) is 0 Å². The molecule has 2 rings (SSSR count). The lowest BCUT2D eigenvalue weighted by Gasteiger charge is -2.19. The third kappa shape index (κ3) is 3.36. The first-order valence-electron chi connectivity index (χ1n) is 7.03. The van der Waals surface area contributed by atoms with Crippen molar-refractivity contribution in [3.05, 3.63) is 23.8 Å². The van der Waals surface area contributed by atoms with E-state index in [0.29, 0.717) is 13.0 Å². The van der Waals surface area contributed by atoms with Crippen molar-refractivity contribution in [2.24, 2.45) is 0 Å². The Morgan fingerprint density at radius 1 is 1.40 bits per heavy atom. The summed E-state index contributed by atoms with van der Waals surface area (Å²) in [6, 6.07) is 5.66. The van der Waals surface area contributed by atoms with E-state index in [2.05, 4.69) is 10.6 Å². The summed E-state index contributed by atoms with van der Waals surface area (Å²) in [5.41, 5.74) is 2.71. The Morgan fingerprint density at radius 2 is 2.20 bits per heavy atom. The maximum atomic E-state index is 11.8. The fourth-order valence-corrected chi connectivity index (χ4v) is 2.38. The standard InChI is InChI=1S/C15H21N3O2/c1-3-16-10-14(19)17-12-6-7-13(11(2)9-12)18-8-4-5-15(18)20/h6-7,9,16H,3-5,8,10H2,1-2H3,(H,17,19). The van der Waals surface area contributed by atoms with Gasteiger partial charge in [-0.3, -0.25) is 9.59 Å². The molecular weight excluding hydrogens is 254 g/mol. The number of anilines is 2. The summed E-state index contributed by atoms with van der Waals surface area (Å²) in [7, 11) is 0. The number of amides is 2. The van der Waals surface area contributed by atoms with Gasteiger partial charge < -0.3 is 15.5 Å². The molecule has 1 aromatic carbocycles. The average molecular weight is 275 g/mol. The van der Waals surface area contributed by atoms with Gasteiger partial charge >= 0.3 is 0 Å². The van der Waals surface area contributed by atoms with Crippen LogP contribution in [0.5, 0.6) is 0 Å². The molecule has 1 aliphatic rings. The van der Waals surface area contributed by atoms with Crippen LogP contribution < -0.4 is 15.5 Å². The minimum atomic E-state index is -0.0590. The highest BCUT2D eigenvalue weighted by Crippen LogP contribution is 2.27. The maximum Gasteiger partial charge on any atom is 0.238 e. The Hall–Kier alpha value is -1.88. The number of nitrogens with zero attached hydrogens (tertiary/aromatic N) is 1. The van der Waals surface area contributed by atoms with Gasteiger partial charge in [0.25, 0.3) is 0 Å². The van der Waals surface area contributed by atoms with Crippen LogP contribution in [0.25, 0.3) is 0 Å². The van der Waals surface area contributed by atoms with Gasteiger partial charge in [-0.1, -0.05) is 6.92 Å². The molecule has 2 N–H and O–H groups in total. The van der Waals surface area contributed by atoms with E-state index in [1.54, 1.807) is 0 Å². The minimum Gasteiger partial charge on any atom is -0.325 e. The third-order valence-electron chi connectivity index (χ3n) is 3.38. The predicted octanol–water partition coefficient (Wildman–Crippen LogP) is 1.67. The molecule has 1 aromatic rings. The number of hydrogen-bond acceptors (Lipinski definition) is 3. The summed E-state index contributed by atoms with van der Waals surface area (Å²) in [5.74, 6) is 0.119. The van der Waals surface area contributed by atoms with Gasteiger partial charge in [0.2, 0.25) is 11.8 Å². The van der Waals surface area contributed by atoms with Gasteiger partial charge in [0.15, 0.2) is 0 Å². The van der Waals surface area contributed by atoms with Crippen LogP contribution in [0.4, 0.5) is 11.4 Å². The normalized spacial score (nSPS) is 14.7. The predicted molar refractivity (Wildman–Crippen MR) is 79.9 cm³/mol. The van der Waals surface area contributed by atoms with Crippen LogP contribution in [0.3, 0.4) is 0 Å². The molecule has 1 heterocycles. The second kappa shape index (κ2) is 6.52. The second-order valence-corrected chi connectivity index (χ2v) is 4.98. The lowest BCUT2D eigenvalue weighted by molar-refractivity contribution is -0.117. The zero-order valence-corrected chi connectivity index (χ0v) is 12.0. The fourth-order valence-electron chi connectivity index (χ4n) is 2.38. The van der Waals surface area contributed by atoms with Crippen LogP contribution in [0, 0.1) is 6.92 Å². The van der Waals surface area contributed by atoms with Gasteiger partial charge in [0.1, 0.15) is 0 Å². The fraction of sp³-hybridized carbons (Fsp3) is 0.467. The molecule has 0 saturated carbocycles. The van der Waals surface area contributed by atoms with E-state index in [-0.39, 0.29) is 11.8 Å². The molecule has 20 heavy (non-hydrogen) atoms. The zero-order chi connectivity index (χ0) is 14.5. The molecular formula is C15H21N3O2. The van der Waals surface area contributed by atoms with Crippen LogP contribution >= 0.6 is 0 Å². The van der Waals surface area contributed by atoms with Gasteiger partial charge in [-0.2, -0.15) is 0 Å². The molecule has 0 bridgehead atoms. The van der Waals surface area contributed by atoms with Crippen LogP contribution in [-0.2, 0) is 9.59 Å². The smallest absolute Gasteiger partial charge is 0.238 e. The topological polar surface area (TPSA) is 61.4 Å². The van der Waals surface area contributed by atoms with E-state index in [4.69, 9.17) is 0 Å². The summed E-state index contributed by atoms with van der Waals surface area (Å²) < 4.78 is 0. The molecule has 0 radical (unpaired) electrons. The highest BCUT2D eigenvalue weighted by molar-refractivity contribution is 5.97. The summed E-state index contributed by atoms with van der Waals surface area (Å²) in [6.07, 6.45) is 1.54. The molecule has 5 nitrogen and oxygen atoms in total. The molecule has 5 heteroatoms. The molecule has 0 unspecified atom stereocenters. The Bertz CT molecular complexity index is 514. The van der Waals surface area contributed by atoms with E-state index >= 15 is 0 Å². The number of benzene rings is 1. The Kier molecular flexibility index (Phi) is 4.74. The number of aryl methyl sites for hydroxylation is 1. The van der Waals surface area contributed by atoms with E-state index in [0.717, 1.165) is 36.4 Å². The van der Waals surface area contributed by atoms with Crippen molar-refractivity contribution in [3.8, 4) is 0 Å². The van der Waals surface area contributed by atoms with Crippen molar-refractivity contribution in [1.29, 1.82) is 0 Å². The molecule has 2 amide bonds. The molecule has 108 valence electrons. The SMILES string of the molecule is CCNCC(=O)Nc1ccc(N2CCCC2=O)c(C)c1. The van der Waals surface area contributed by atoms with Gasteiger partial charge in [-0.05, 0) is 43.7 Å². The second-order valence-electron chi connectivity index (χ2n) is 4.98. The van der Waals surface area contributed by atoms with Crippen LogP contribution in [0.15, 0.2) is 18.2 Å². The molecule has 1 fully saturated rings. The molecule has 0 aromatic heterocycles. The van der Waals surface area contributed by atoms with Gasteiger partial charge in [0.05, 0.1) is 6.54 Å². The highest BCUT2D eigenvalue weighted by Gasteiger charge is 2.22. The molecule has 1 aliphatic heterocycles. The number of carbonyl (C=O) groups is 2. The van der Waals surface area contributed by atoms with Gasteiger partial charge in [-0.25, -0.2) is 0 Å². The third-order valence-corrected chi connectivity index (χ3v) is 3.38. The first-order valence-corrected chi connectivity index (χ1v) is 7.03. The van der Waals surface area contributed by atoms with Crippen molar-refractivity contribution >= 4 is 23.2 Å². The lowest BCUT2D eigenvalue weighted by atomic mass is 10.1.